The van der Waals surface area contributed by atoms with Gasteiger partial charge in [0.1, 0.15) is 0 Å². The van der Waals surface area contributed by atoms with Gasteiger partial charge in [0.25, 0.3) is 0 Å². The standard InChI is InChI=1S/C22H34O3/c1-2-3-4-15-18-21(23)19-16-13-11-9-7-5-6-8-10-12-14-17-20-22(24)25/h5-10,12,14,17,20-21,23H,2-4,11,13,15-16,18-19H2,1H3,(H,24,25). The second-order valence-electron chi connectivity index (χ2n) is 6.07. The van der Waals surface area contributed by atoms with E-state index in [1.165, 1.54) is 25.3 Å². The molecule has 0 saturated heterocycles. The molecule has 3 heteroatoms. The Labute approximate surface area is 153 Å². The van der Waals surface area contributed by atoms with E-state index in [1.807, 2.05) is 30.4 Å². The van der Waals surface area contributed by atoms with Gasteiger partial charge in [-0.3, -0.25) is 0 Å². The summed E-state index contributed by atoms with van der Waals surface area (Å²) in [5.41, 5.74) is 0. The largest absolute Gasteiger partial charge is 0.478 e. The van der Waals surface area contributed by atoms with Crippen LogP contribution in [0.4, 0.5) is 0 Å². The average Bonchev–Trinajstić information content (AvgIpc) is 2.58. The van der Waals surface area contributed by atoms with Gasteiger partial charge in [0.15, 0.2) is 0 Å². The second-order valence-corrected chi connectivity index (χ2v) is 6.07. The van der Waals surface area contributed by atoms with Crippen LogP contribution in [-0.2, 0) is 4.79 Å². The number of carboxylic acids is 1. The van der Waals surface area contributed by atoms with Gasteiger partial charge in [-0.05, 0) is 25.7 Å². The molecule has 0 aromatic carbocycles. The van der Waals surface area contributed by atoms with E-state index in [9.17, 15) is 9.90 Å². The van der Waals surface area contributed by atoms with E-state index in [2.05, 4.69) is 13.0 Å². The minimum absolute atomic E-state index is 0.121. The van der Waals surface area contributed by atoms with Crippen molar-refractivity contribution >= 4 is 5.97 Å². The molecule has 0 saturated carbocycles. The number of hydrogen-bond acceptors (Lipinski definition) is 2. The van der Waals surface area contributed by atoms with E-state index in [-0.39, 0.29) is 6.10 Å². The van der Waals surface area contributed by atoms with Crippen molar-refractivity contribution in [3.05, 3.63) is 60.8 Å². The highest BCUT2D eigenvalue weighted by molar-refractivity contribution is 5.80. The number of hydrogen-bond donors (Lipinski definition) is 2. The molecule has 0 heterocycles. The highest BCUT2D eigenvalue weighted by atomic mass is 16.4. The first-order valence-corrected chi connectivity index (χ1v) is 9.41. The number of rotatable bonds is 15. The first-order chi connectivity index (χ1) is 12.2. The van der Waals surface area contributed by atoms with Crippen LogP contribution in [0.3, 0.4) is 0 Å². The molecule has 0 aliphatic carbocycles. The average molecular weight is 347 g/mol. The first kappa shape index (κ1) is 23.1. The van der Waals surface area contributed by atoms with Gasteiger partial charge in [-0.25, -0.2) is 4.79 Å². The molecule has 0 rings (SSSR count). The van der Waals surface area contributed by atoms with E-state index in [0.717, 1.165) is 44.6 Å². The minimum atomic E-state index is -0.944. The quantitative estimate of drug-likeness (QED) is 0.226. The maximum Gasteiger partial charge on any atom is 0.328 e. The molecule has 0 aromatic heterocycles. The zero-order valence-electron chi connectivity index (χ0n) is 15.5. The molecular formula is C22H34O3. The number of unbranched alkanes of at least 4 members (excludes halogenated alkanes) is 5. The van der Waals surface area contributed by atoms with Gasteiger partial charge >= 0.3 is 5.97 Å². The Morgan fingerprint density at radius 3 is 1.96 bits per heavy atom. The fourth-order valence-corrected chi connectivity index (χ4v) is 2.29. The number of aliphatic hydroxyl groups is 1. The molecular weight excluding hydrogens is 312 g/mol. The summed E-state index contributed by atoms with van der Waals surface area (Å²) in [7, 11) is 0. The Balaban J connectivity index is 3.57. The van der Waals surface area contributed by atoms with Crippen LogP contribution in [0.5, 0.6) is 0 Å². The van der Waals surface area contributed by atoms with Crippen LogP contribution in [0, 0.1) is 0 Å². The summed E-state index contributed by atoms with van der Waals surface area (Å²) in [5.74, 6) is -0.944. The van der Waals surface area contributed by atoms with Gasteiger partial charge in [0.2, 0.25) is 0 Å². The van der Waals surface area contributed by atoms with Crippen LogP contribution in [0.2, 0.25) is 0 Å². The third-order valence-electron chi connectivity index (χ3n) is 3.70. The first-order valence-electron chi connectivity index (χ1n) is 9.41. The maximum atomic E-state index is 10.2. The van der Waals surface area contributed by atoms with Crippen LogP contribution in [0.25, 0.3) is 0 Å². The highest BCUT2D eigenvalue weighted by Gasteiger charge is 2.02. The van der Waals surface area contributed by atoms with Crippen molar-refractivity contribution in [2.24, 2.45) is 0 Å². The Morgan fingerprint density at radius 1 is 0.800 bits per heavy atom. The zero-order chi connectivity index (χ0) is 18.6. The van der Waals surface area contributed by atoms with Crippen molar-refractivity contribution < 1.29 is 15.0 Å². The lowest BCUT2D eigenvalue weighted by molar-refractivity contribution is -0.131. The maximum absolute atomic E-state index is 10.2. The molecule has 1 unspecified atom stereocenters. The second kappa shape index (κ2) is 18.5. The van der Waals surface area contributed by atoms with Crippen LogP contribution in [0.15, 0.2) is 60.8 Å². The van der Waals surface area contributed by atoms with Gasteiger partial charge < -0.3 is 10.2 Å². The van der Waals surface area contributed by atoms with E-state index < -0.39 is 5.97 Å². The topological polar surface area (TPSA) is 57.5 Å². The summed E-state index contributed by atoms with van der Waals surface area (Å²) >= 11 is 0. The lowest BCUT2D eigenvalue weighted by Crippen LogP contribution is -2.05. The van der Waals surface area contributed by atoms with Crippen LogP contribution < -0.4 is 0 Å². The molecule has 0 aliphatic rings. The van der Waals surface area contributed by atoms with Crippen LogP contribution in [-0.4, -0.2) is 22.3 Å². The lowest BCUT2D eigenvalue weighted by atomic mass is 10.0. The monoisotopic (exact) mass is 346 g/mol. The van der Waals surface area contributed by atoms with Crippen molar-refractivity contribution in [2.75, 3.05) is 0 Å². The third-order valence-corrected chi connectivity index (χ3v) is 3.70. The number of carbonyl (C=O) groups is 1. The van der Waals surface area contributed by atoms with Gasteiger partial charge in [0, 0.05) is 6.08 Å². The summed E-state index contributed by atoms with van der Waals surface area (Å²) < 4.78 is 0. The smallest absolute Gasteiger partial charge is 0.328 e. The van der Waals surface area contributed by atoms with E-state index >= 15 is 0 Å². The summed E-state index contributed by atoms with van der Waals surface area (Å²) in [4.78, 5) is 10.2. The fourth-order valence-electron chi connectivity index (χ4n) is 2.29. The minimum Gasteiger partial charge on any atom is -0.478 e. The molecule has 0 aliphatic heterocycles. The van der Waals surface area contributed by atoms with Crippen molar-refractivity contribution in [3.63, 3.8) is 0 Å². The molecule has 0 aromatic rings. The summed E-state index contributed by atoms with van der Waals surface area (Å²) in [5, 5.41) is 18.3. The van der Waals surface area contributed by atoms with Gasteiger partial charge in [0.05, 0.1) is 6.10 Å². The van der Waals surface area contributed by atoms with Crippen molar-refractivity contribution in [1.29, 1.82) is 0 Å². The van der Waals surface area contributed by atoms with E-state index in [1.54, 1.807) is 12.2 Å². The molecule has 25 heavy (non-hydrogen) atoms. The Morgan fingerprint density at radius 2 is 1.36 bits per heavy atom. The summed E-state index contributed by atoms with van der Waals surface area (Å²) in [6.07, 6.45) is 27.7. The molecule has 0 fully saturated rings. The summed E-state index contributed by atoms with van der Waals surface area (Å²) in [6, 6.07) is 0. The Bertz CT molecular complexity index is 456. The number of carboxylic acid groups (broad SMARTS) is 1. The SMILES string of the molecule is CCCCCCC(O)CCCCC=CC=CC=CC=CC=CC(=O)O. The lowest BCUT2D eigenvalue weighted by Gasteiger charge is -2.09. The van der Waals surface area contributed by atoms with Crippen LogP contribution in [0.1, 0.15) is 64.7 Å². The van der Waals surface area contributed by atoms with Crippen molar-refractivity contribution in [1.82, 2.24) is 0 Å². The molecule has 3 nitrogen and oxygen atoms in total. The molecule has 0 spiro atoms. The zero-order valence-corrected chi connectivity index (χ0v) is 15.5. The summed E-state index contributed by atoms with van der Waals surface area (Å²) in [6.45, 7) is 2.20. The van der Waals surface area contributed by atoms with Crippen molar-refractivity contribution in [3.8, 4) is 0 Å². The normalized spacial score (nSPS) is 14.0. The van der Waals surface area contributed by atoms with E-state index in [0.29, 0.717) is 0 Å². The molecule has 0 amide bonds. The fraction of sp³-hybridized carbons (Fsp3) is 0.500. The molecule has 1 atom stereocenters. The Hall–Kier alpha value is -1.87. The van der Waals surface area contributed by atoms with Crippen LogP contribution >= 0.6 is 0 Å². The van der Waals surface area contributed by atoms with Gasteiger partial charge in [-0.2, -0.15) is 0 Å². The molecule has 2 N–H and O–H groups in total. The molecule has 0 bridgehead atoms. The van der Waals surface area contributed by atoms with Gasteiger partial charge in [-0.15, -0.1) is 0 Å². The van der Waals surface area contributed by atoms with Gasteiger partial charge in [-0.1, -0.05) is 93.7 Å². The third kappa shape index (κ3) is 20.1. The predicted molar refractivity (Wildman–Crippen MR) is 107 cm³/mol. The van der Waals surface area contributed by atoms with Crippen molar-refractivity contribution in [2.45, 2.75) is 70.8 Å². The number of aliphatic carboxylic acids is 1. The number of aliphatic hydroxyl groups excluding tert-OH is 1. The van der Waals surface area contributed by atoms with E-state index in [4.69, 9.17) is 5.11 Å². The molecule has 0 radical (unpaired) electrons. The highest BCUT2D eigenvalue weighted by Crippen LogP contribution is 2.11. The predicted octanol–water partition coefficient (Wildman–Crippen LogP) is 5.74. The molecule has 140 valence electrons. The Kier molecular flexibility index (Phi) is 17.1. The number of allylic oxidation sites excluding steroid dienone is 9.